The van der Waals surface area contributed by atoms with Crippen LogP contribution in [0.3, 0.4) is 0 Å². The van der Waals surface area contributed by atoms with Gasteiger partial charge in [-0.1, -0.05) is 37.1 Å². The van der Waals surface area contributed by atoms with E-state index in [1.165, 1.54) is 6.92 Å². The third-order valence-electron chi connectivity index (χ3n) is 9.62. The molecule has 9 nitrogen and oxygen atoms in total. The molecule has 9 atom stereocenters. The first-order valence-corrected chi connectivity index (χ1v) is 14.5. The minimum Gasteiger partial charge on any atom is -0.392 e. The van der Waals surface area contributed by atoms with Crippen LogP contribution in [0.2, 0.25) is 0 Å². The fourth-order valence-corrected chi connectivity index (χ4v) is 7.28. The van der Waals surface area contributed by atoms with E-state index in [9.17, 15) is 24.3 Å². The summed E-state index contributed by atoms with van der Waals surface area (Å²) in [6, 6.07) is 6.08. The number of hydrogen-bond acceptors (Lipinski definition) is 7. The number of fused-ring (bicyclic) bond motifs is 4. The van der Waals surface area contributed by atoms with Crippen LogP contribution < -0.4 is 16.0 Å². The van der Waals surface area contributed by atoms with Gasteiger partial charge in [-0.3, -0.25) is 19.2 Å². The summed E-state index contributed by atoms with van der Waals surface area (Å²) >= 11 is 0. The minimum absolute atomic E-state index is 0.0446. The number of amides is 2. The lowest BCUT2D eigenvalue weighted by Crippen LogP contribution is -2.57. The molecule has 4 N–H and O–H groups in total. The molecule has 2 heterocycles. The fourth-order valence-electron chi connectivity index (χ4n) is 7.28. The zero-order valence-corrected chi connectivity index (χ0v) is 23.4. The van der Waals surface area contributed by atoms with Crippen molar-refractivity contribution in [3.63, 3.8) is 0 Å². The maximum Gasteiger partial charge on any atom is 0.246 e. The lowest BCUT2D eigenvalue weighted by Gasteiger charge is -2.34. The molecule has 1 spiro atoms. The highest BCUT2D eigenvalue weighted by molar-refractivity contribution is 6.15. The molecule has 2 saturated carbocycles. The van der Waals surface area contributed by atoms with Crippen LogP contribution in [0.25, 0.3) is 0 Å². The smallest absolute Gasteiger partial charge is 0.246 e. The number of ketones is 2. The minimum atomic E-state index is -0.851. The van der Waals surface area contributed by atoms with Crippen molar-refractivity contribution in [2.45, 2.75) is 108 Å². The summed E-state index contributed by atoms with van der Waals surface area (Å²) in [4.78, 5) is 54.2. The molecule has 2 aliphatic heterocycles. The predicted molar refractivity (Wildman–Crippen MR) is 146 cm³/mol. The van der Waals surface area contributed by atoms with Crippen LogP contribution in [0.15, 0.2) is 24.3 Å². The number of likely N-dealkylation sites (N-methyl/N-ethyl adjacent to an activating group) is 1. The Kier molecular flexibility index (Phi) is 7.70. The Morgan fingerprint density at radius 2 is 1.95 bits per heavy atom. The average Bonchev–Trinajstić information content (AvgIpc) is 3.72. The third-order valence-corrected chi connectivity index (χ3v) is 9.62. The highest BCUT2D eigenvalue weighted by Gasteiger charge is 2.74. The normalized spacial score (nSPS) is 33.8. The molecule has 5 rings (SSSR count). The van der Waals surface area contributed by atoms with Gasteiger partial charge >= 0.3 is 0 Å². The largest absolute Gasteiger partial charge is 0.392 e. The van der Waals surface area contributed by atoms with E-state index >= 15 is 0 Å². The van der Waals surface area contributed by atoms with E-state index in [-0.39, 0.29) is 29.4 Å². The summed E-state index contributed by atoms with van der Waals surface area (Å²) in [5.74, 6) is 0.0574. The van der Waals surface area contributed by atoms with Crippen LogP contribution >= 0.6 is 0 Å². The van der Waals surface area contributed by atoms with Crippen LogP contribution in [-0.2, 0) is 25.7 Å². The summed E-state index contributed by atoms with van der Waals surface area (Å²) in [6.45, 7) is 5.27. The number of Topliss-reactive ketones (excluding diaryl/α,β-unsaturated/α-hetero) is 2. The molecule has 0 bridgehead atoms. The number of nitrogens with one attached hydrogen (secondary N) is 3. The summed E-state index contributed by atoms with van der Waals surface area (Å²) in [5, 5.41) is 19.4. The van der Waals surface area contributed by atoms with E-state index in [0.29, 0.717) is 31.2 Å². The summed E-state index contributed by atoms with van der Waals surface area (Å²) in [7, 11) is 1.72. The van der Waals surface area contributed by atoms with Crippen LogP contribution in [0.1, 0.15) is 76.3 Å². The van der Waals surface area contributed by atoms with Gasteiger partial charge in [-0.2, -0.15) is 0 Å². The molecule has 4 aliphatic rings. The third kappa shape index (κ3) is 5.05. The SMILES string of the molecule is CN[C@@H](C)C(=O)N[C@H]1CCCC2C[C@H]2C2CCC3(C(=O)C3NCc3cccc(C(C(C)=O)C(C)O)c3)N2C1=O. The number of aliphatic hydroxyl groups is 1. The van der Waals surface area contributed by atoms with Gasteiger partial charge in [0, 0.05) is 12.6 Å². The van der Waals surface area contributed by atoms with Gasteiger partial charge in [0.1, 0.15) is 17.4 Å². The van der Waals surface area contributed by atoms with Crippen LogP contribution in [0, 0.1) is 11.8 Å². The Morgan fingerprint density at radius 3 is 2.64 bits per heavy atom. The Bertz CT molecular complexity index is 1150. The van der Waals surface area contributed by atoms with Crippen LogP contribution in [-0.4, -0.2) is 76.2 Å². The van der Waals surface area contributed by atoms with Crippen molar-refractivity contribution in [3.8, 4) is 0 Å². The fraction of sp³-hybridized carbons (Fsp3) is 0.667. The number of carbonyl (C=O) groups excluding carboxylic acids is 4. The van der Waals surface area contributed by atoms with Crippen molar-refractivity contribution in [2.75, 3.05) is 7.05 Å². The van der Waals surface area contributed by atoms with Gasteiger partial charge in [0.2, 0.25) is 11.8 Å². The number of hydrogen-bond donors (Lipinski definition) is 4. The molecule has 1 aromatic carbocycles. The van der Waals surface area contributed by atoms with Gasteiger partial charge in [0.15, 0.2) is 5.78 Å². The topological polar surface area (TPSA) is 128 Å². The maximum absolute atomic E-state index is 14.1. The van der Waals surface area contributed by atoms with Crippen molar-refractivity contribution >= 4 is 23.4 Å². The molecule has 2 saturated heterocycles. The molecule has 4 fully saturated rings. The van der Waals surface area contributed by atoms with E-state index in [1.54, 1.807) is 20.9 Å². The average molecular weight is 539 g/mol. The Labute approximate surface area is 230 Å². The lowest BCUT2D eigenvalue weighted by molar-refractivity contribution is -0.142. The number of rotatable bonds is 9. The monoisotopic (exact) mass is 538 g/mol. The van der Waals surface area contributed by atoms with Crippen molar-refractivity contribution in [2.24, 2.45) is 11.8 Å². The molecule has 212 valence electrons. The molecule has 9 heteroatoms. The number of carbonyl (C=O) groups is 4. The van der Waals surface area contributed by atoms with Gasteiger partial charge in [-0.05, 0) is 76.5 Å². The second-order valence-electron chi connectivity index (χ2n) is 12.2. The first-order valence-electron chi connectivity index (χ1n) is 14.5. The van der Waals surface area contributed by atoms with Crippen molar-refractivity contribution in [1.82, 2.24) is 20.9 Å². The number of nitrogens with zero attached hydrogens (tertiary/aromatic N) is 1. The van der Waals surface area contributed by atoms with Gasteiger partial charge in [0.25, 0.3) is 0 Å². The highest BCUT2D eigenvalue weighted by atomic mass is 16.3. The molecule has 2 aliphatic carbocycles. The second-order valence-corrected chi connectivity index (χ2v) is 12.2. The molecule has 39 heavy (non-hydrogen) atoms. The van der Waals surface area contributed by atoms with E-state index < -0.39 is 35.7 Å². The summed E-state index contributed by atoms with van der Waals surface area (Å²) < 4.78 is 0. The van der Waals surface area contributed by atoms with Crippen molar-refractivity contribution < 1.29 is 24.3 Å². The molecule has 2 amide bonds. The van der Waals surface area contributed by atoms with Gasteiger partial charge < -0.3 is 26.0 Å². The predicted octanol–water partition coefficient (Wildman–Crippen LogP) is 1.42. The second kappa shape index (κ2) is 10.7. The maximum atomic E-state index is 14.1. The zero-order valence-electron chi connectivity index (χ0n) is 23.4. The molecule has 0 radical (unpaired) electrons. The van der Waals surface area contributed by atoms with Crippen LogP contribution in [0.5, 0.6) is 0 Å². The van der Waals surface area contributed by atoms with Crippen molar-refractivity contribution in [3.05, 3.63) is 35.4 Å². The standard InChI is InChI=1S/C30H42N4O5/c1-16(31-4)28(38)33-23-10-6-8-20-14-22(20)24-11-12-30(34(24)29(23)39)26(27(30)37)32-15-19-7-5-9-21(13-19)25(17(2)35)18(3)36/h5,7,9,13,16-17,20,22-26,31-32,35H,6,8,10-12,14-15H2,1-4H3,(H,33,38)/t16-,17?,20?,22+,23-,24?,25?,26?,30?/m0/s1. The molecular formula is C30H42N4O5. The summed E-state index contributed by atoms with van der Waals surface area (Å²) in [5.41, 5.74) is 0.808. The Morgan fingerprint density at radius 1 is 1.18 bits per heavy atom. The molecule has 0 aromatic heterocycles. The lowest BCUT2D eigenvalue weighted by atomic mass is 9.90. The van der Waals surface area contributed by atoms with Crippen LogP contribution in [0.4, 0.5) is 0 Å². The summed E-state index contributed by atoms with van der Waals surface area (Å²) in [6.07, 6.45) is 4.30. The number of aliphatic hydroxyl groups excluding tert-OH is 1. The van der Waals surface area contributed by atoms with E-state index in [0.717, 1.165) is 36.8 Å². The van der Waals surface area contributed by atoms with E-state index in [2.05, 4.69) is 16.0 Å². The van der Waals surface area contributed by atoms with Gasteiger partial charge in [0.05, 0.1) is 24.1 Å². The number of benzene rings is 1. The van der Waals surface area contributed by atoms with Crippen molar-refractivity contribution in [1.29, 1.82) is 0 Å². The first-order chi connectivity index (χ1) is 18.6. The Balaban J connectivity index is 1.34. The quantitative estimate of drug-likeness (QED) is 0.375. The molecule has 6 unspecified atom stereocenters. The zero-order chi connectivity index (χ0) is 28.1. The van der Waals surface area contributed by atoms with Gasteiger partial charge in [-0.15, -0.1) is 0 Å². The van der Waals surface area contributed by atoms with Gasteiger partial charge in [-0.25, -0.2) is 0 Å². The first kappa shape index (κ1) is 27.9. The Hall–Kier alpha value is -2.62. The van der Waals surface area contributed by atoms with E-state index in [1.807, 2.05) is 29.2 Å². The van der Waals surface area contributed by atoms with E-state index in [4.69, 9.17) is 0 Å². The molecular weight excluding hydrogens is 496 g/mol. The molecule has 1 aromatic rings. The highest BCUT2D eigenvalue weighted by Crippen LogP contribution is 2.57.